The van der Waals surface area contributed by atoms with E-state index in [4.69, 9.17) is 4.74 Å². The summed E-state index contributed by atoms with van der Waals surface area (Å²) in [6.45, 7) is 1.87. The zero-order chi connectivity index (χ0) is 22.6. The Bertz CT molecular complexity index is 1290. The molecule has 4 N–H and O–H groups in total. The molecule has 0 bridgehead atoms. The number of nitrogens with one attached hydrogen (secondary N) is 4. The van der Waals surface area contributed by atoms with Gasteiger partial charge < -0.3 is 20.4 Å². The fourth-order valence-corrected chi connectivity index (χ4v) is 3.83. The molecule has 0 atom stereocenters. The van der Waals surface area contributed by atoms with Gasteiger partial charge in [0.05, 0.1) is 19.6 Å². The second kappa shape index (κ2) is 8.94. The lowest BCUT2D eigenvalue weighted by Crippen LogP contribution is -2.13. The Morgan fingerprint density at radius 3 is 2.22 bits per heavy atom. The van der Waals surface area contributed by atoms with Gasteiger partial charge in [-0.25, -0.2) is 9.97 Å². The Hall–Kier alpha value is -4.12. The summed E-state index contributed by atoms with van der Waals surface area (Å²) in [7, 11) is -2.10. The van der Waals surface area contributed by atoms with Gasteiger partial charge in [0.2, 0.25) is 5.95 Å². The highest BCUT2D eigenvalue weighted by Crippen LogP contribution is 2.22. The molecule has 0 aliphatic carbocycles. The number of imidazole rings is 1. The molecular weight excluding hydrogens is 430 g/mol. The molecular formula is C21H21N7O3S. The number of ether oxygens (including phenoxy) is 1. The first-order valence-corrected chi connectivity index (χ1v) is 11.0. The van der Waals surface area contributed by atoms with Crippen LogP contribution in [0.4, 0.5) is 28.8 Å². The minimum absolute atomic E-state index is 0.00949. The largest absolute Gasteiger partial charge is 0.497 e. The van der Waals surface area contributed by atoms with Crippen LogP contribution in [0.1, 0.15) is 5.69 Å². The van der Waals surface area contributed by atoms with E-state index in [9.17, 15) is 8.42 Å². The van der Waals surface area contributed by atoms with Crippen LogP contribution in [-0.4, -0.2) is 35.5 Å². The van der Waals surface area contributed by atoms with Crippen molar-refractivity contribution in [3.63, 3.8) is 0 Å². The van der Waals surface area contributed by atoms with Gasteiger partial charge in [-0.05, 0) is 55.5 Å². The van der Waals surface area contributed by atoms with Crippen LogP contribution in [0.25, 0.3) is 0 Å². The van der Waals surface area contributed by atoms with Crippen molar-refractivity contribution in [2.75, 3.05) is 22.5 Å². The van der Waals surface area contributed by atoms with Gasteiger partial charge in [-0.1, -0.05) is 0 Å². The molecule has 11 heteroatoms. The first-order chi connectivity index (χ1) is 15.4. The number of hydrogen-bond acceptors (Lipinski definition) is 8. The molecule has 10 nitrogen and oxygen atoms in total. The molecule has 0 spiro atoms. The highest BCUT2D eigenvalue weighted by atomic mass is 32.2. The molecule has 2 aromatic carbocycles. The summed E-state index contributed by atoms with van der Waals surface area (Å²) in [6.07, 6.45) is 2.55. The van der Waals surface area contributed by atoms with Gasteiger partial charge in [-0.15, -0.1) is 0 Å². The predicted octanol–water partition coefficient (Wildman–Crippen LogP) is 3.80. The van der Waals surface area contributed by atoms with Crippen LogP contribution >= 0.6 is 0 Å². The first-order valence-electron chi connectivity index (χ1n) is 9.56. The number of sulfonamides is 1. The lowest BCUT2D eigenvalue weighted by molar-refractivity contribution is 0.415. The van der Waals surface area contributed by atoms with Crippen molar-refractivity contribution in [3.8, 4) is 5.75 Å². The molecule has 4 rings (SSSR count). The SMILES string of the molecule is COc1ccc(Nc2cc(C)nc(Nc3ccc(NS(=O)(=O)c4cnc[nH]4)cc3)n2)cc1. The highest BCUT2D eigenvalue weighted by Gasteiger charge is 2.15. The maximum Gasteiger partial charge on any atom is 0.278 e. The van der Waals surface area contributed by atoms with Crippen molar-refractivity contribution in [2.24, 2.45) is 0 Å². The third-order valence-corrected chi connectivity index (χ3v) is 5.68. The lowest BCUT2D eigenvalue weighted by Gasteiger charge is -2.11. The smallest absolute Gasteiger partial charge is 0.278 e. The van der Waals surface area contributed by atoms with Gasteiger partial charge >= 0.3 is 0 Å². The number of anilines is 5. The van der Waals surface area contributed by atoms with Gasteiger partial charge in [0.1, 0.15) is 11.6 Å². The average Bonchev–Trinajstić information content (AvgIpc) is 3.31. The van der Waals surface area contributed by atoms with Gasteiger partial charge in [0, 0.05) is 28.8 Å². The zero-order valence-electron chi connectivity index (χ0n) is 17.3. The van der Waals surface area contributed by atoms with Gasteiger partial charge in [-0.2, -0.15) is 13.4 Å². The molecule has 0 aliphatic heterocycles. The van der Waals surface area contributed by atoms with Crippen molar-refractivity contribution < 1.29 is 13.2 Å². The number of rotatable bonds is 8. The number of H-pyrrole nitrogens is 1. The molecule has 4 aromatic rings. The number of aryl methyl sites for hydroxylation is 1. The average molecular weight is 452 g/mol. The van der Waals surface area contributed by atoms with E-state index >= 15 is 0 Å². The summed E-state index contributed by atoms with van der Waals surface area (Å²) in [5, 5.41) is 6.36. The van der Waals surface area contributed by atoms with Crippen LogP contribution < -0.4 is 20.1 Å². The molecule has 0 saturated carbocycles. The standard InChI is InChI=1S/C21H21N7O3S/c1-14-11-19(25-15-7-9-18(31-2)10-8-15)27-21(24-14)26-16-3-5-17(6-4-16)28-32(29,30)20-12-22-13-23-20/h3-13,28H,1-2H3,(H,22,23)(H2,24,25,26,27). The van der Waals surface area contributed by atoms with E-state index in [1.165, 1.54) is 12.5 Å². The Labute approximate surface area is 185 Å². The summed E-state index contributed by atoms with van der Waals surface area (Å²) in [4.78, 5) is 15.2. The quantitative estimate of drug-likeness (QED) is 0.318. The zero-order valence-corrected chi connectivity index (χ0v) is 18.1. The van der Waals surface area contributed by atoms with Crippen LogP contribution in [0.15, 0.2) is 72.1 Å². The van der Waals surface area contributed by atoms with Gasteiger partial charge in [-0.3, -0.25) is 4.72 Å². The second-order valence-electron chi connectivity index (χ2n) is 6.80. The molecule has 0 amide bonds. The normalized spacial score (nSPS) is 11.1. The molecule has 0 aliphatic rings. The fraction of sp³-hybridized carbons (Fsp3) is 0.0952. The molecule has 2 heterocycles. The summed E-state index contributed by atoms with van der Waals surface area (Å²) >= 11 is 0. The second-order valence-corrected chi connectivity index (χ2v) is 8.45. The molecule has 0 radical (unpaired) electrons. The summed E-state index contributed by atoms with van der Waals surface area (Å²) < 4.78 is 32.2. The summed E-state index contributed by atoms with van der Waals surface area (Å²) in [5.74, 6) is 1.81. The maximum atomic E-state index is 12.3. The van der Waals surface area contributed by atoms with E-state index in [-0.39, 0.29) is 5.03 Å². The number of methoxy groups -OCH3 is 1. The van der Waals surface area contributed by atoms with E-state index in [1.807, 2.05) is 37.3 Å². The van der Waals surface area contributed by atoms with E-state index in [1.54, 1.807) is 31.4 Å². The van der Waals surface area contributed by atoms with Crippen molar-refractivity contribution in [3.05, 3.63) is 72.8 Å². The Morgan fingerprint density at radius 1 is 0.906 bits per heavy atom. The monoisotopic (exact) mass is 451 g/mol. The molecule has 164 valence electrons. The topological polar surface area (TPSA) is 134 Å². The lowest BCUT2D eigenvalue weighted by atomic mass is 10.3. The summed E-state index contributed by atoms with van der Waals surface area (Å²) in [5.41, 5.74) is 2.76. The van der Waals surface area contributed by atoms with Crippen LogP contribution in [0.5, 0.6) is 5.75 Å². The van der Waals surface area contributed by atoms with Crippen LogP contribution in [0, 0.1) is 6.92 Å². The highest BCUT2D eigenvalue weighted by molar-refractivity contribution is 7.92. The third-order valence-electron chi connectivity index (χ3n) is 4.37. The number of nitrogens with zero attached hydrogens (tertiary/aromatic N) is 3. The van der Waals surface area contributed by atoms with Crippen LogP contribution in [0.3, 0.4) is 0 Å². The van der Waals surface area contributed by atoms with E-state index < -0.39 is 10.0 Å². The van der Waals surface area contributed by atoms with E-state index in [0.717, 1.165) is 17.1 Å². The van der Waals surface area contributed by atoms with Gasteiger partial charge in [0.15, 0.2) is 5.03 Å². The minimum Gasteiger partial charge on any atom is -0.497 e. The van der Waals surface area contributed by atoms with Crippen molar-refractivity contribution >= 4 is 38.9 Å². The van der Waals surface area contributed by atoms with Gasteiger partial charge in [0.25, 0.3) is 10.0 Å². The van der Waals surface area contributed by atoms with Crippen LogP contribution in [-0.2, 0) is 10.0 Å². The fourth-order valence-electron chi connectivity index (χ4n) is 2.86. The molecule has 2 aromatic heterocycles. The minimum atomic E-state index is -3.72. The molecule has 0 saturated heterocycles. The summed E-state index contributed by atoms with van der Waals surface area (Å²) in [6, 6.07) is 16.1. The third kappa shape index (κ3) is 5.13. The van der Waals surface area contributed by atoms with Crippen molar-refractivity contribution in [1.82, 2.24) is 19.9 Å². The number of aromatic nitrogens is 4. The maximum absolute atomic E-state index is 12.3. The van der Waals surface area contributed by atoms with Crippen molar-refractivity contribution in [1.29, 1.82) is 0 Å². The van der Waals surface area contributed by atoms with E-state index in [0.29, 0.717) is 23.1 Å². The molecule has 32 heavy (non-hydrogen) atoms. The van der Waals surface area contributed by atoms with E-state index in [2.05, 4.69) is 35.3 Å². The molecule has 0 fully saturated rings. The number of benzene rings is 2. The Balaban J connectivity index is 1.45. The molecule has 0 unspecified atom stereocenters. The van der Waals surface area contributed by atoms with Crippen LogP contribution in [0.2, 0.25) is 0 Å². The number of hydrogen-bond donors (Lipinski definition) is 4. The Kier molecular flexibility index (Phi) is 5.90. The Morgan fingerprint density at radius 2 is 1.56 bits per heavy atom. The number of aromatic amines is 1. The van der Waals surface area contributed by atoms with Crippen molar-refractivity contribution in [2.45, 2.75) is 11.9 Å². The predicted molar refractivity (Wildman–Crippen MR) is 122 cm³/mol. The first kappa shape index (κ1) is 21.1.